The van der Waals surface area contributed by atoms with Gasteiger partial charge in [0.25, 0.3) is 0 Å². The lowest BCUT2D eigenvalue weighted by Gasteiger charge is -2.21. The first-order valence-corrected chi connectivity index (χ1v) is 7.33. The molecule has 2 nitrogen and oxygen atoms in total. The second-order valence-corrected chi connectivity index (χ2v) is 6.95. The highest BCUT2D eigenvalue weighted by Gasteiger charge is 2.27. The molecule has 106 valence electrons. The van der Waals surface area contributed by atoms with Gasteiger partial charge >= 0.3 is 0 Å². The van der Waals surface area contributed by atoms with Crippen LogP contribution in [0.4, 0.5) is 0 Å². The third-order valence-corrected chi connectivity index (χ3v) is 4.13. The summed E-state index contributed by atoms with van der Waals surface area (Å²) in [6, 6.07) is 9.12. The minimum Gasteiger partial charge on any atom is -0.378 e. The largest absolute Gasteiger partial charge is 0.378 e. The van der Waals surface area contributed by atoms with Crippen molar-refractivity contribution < 1.29 is 4.74 Å². The van der Waals surface area contributed by atoms with Gasteiger partial charge in [-0.05, 0) is 36.3 Å². The molecule has 0 spiro atoms. The summed E-state index contributed by atoms with van der Waals surface area (Å²) < 4.78 is 5.61. The van der Waals surface area contributed by atoms with E-state index in [9.17, 15) is 0 Å². The molecule has 0 aliphatic carbocycles. The molecule has 3 unspecified atom stereocenters. The molecule has 1 saturated heterocycles. The summed E-state index contributed by atoms with van der Waals surface area (Å²) in [4.78, 5) is 0. The van der Waals surface area contributed by atoms with Gasteiger partial charge in [-0.2, -0.15) is 0 Å². The van der Waals surface area contributed by atoms with Crippen molar-refractivity contribution in [1.29, 1.82) is 0 Å². The molecule has 0 radical (unpaired) electrons. The topological polar surface area (TPSA) is 35.2 Å². The molecule has 19 heavy (non-hydrogen) atoms. The summed E-state index contributed by atoms with van der Waals surface area (Å²) in [6.45, 7) is 9.67. The summed E-state index contributed by atoms with van der Waals surface area (Å²) >= 11 is 0. The van der Waals surface area contributed by atoms with Gasteiger partial charge in [-0.1, -0.05) is 45.0 Å². The van der Waals surface area contributed by atoms with Crippen LogP contribution in [0, 0.1) is 5.92 Å². The van der Waals surface area contributed by atoms with Crippen molar-refractivity contribution in [3.8, 4) is 0 Å². The van der Waals surface area contributed by atoms with Gasteiger partial charge in [0, 0.05) is 12.0 Å². The van der Waals surface area contributed by atoms with Crippen molar-refractivity contribution in [3.63, 3.8) is 0 Å². The van der Waals surface area contributed by atoms with Crippen molar-refractivity contribution in [3.05, 3.63) is 35.4 Å². The van der Waals surface area contributed by atoms with Gasteiger partial charge in [-0.3, -0.25) is 0 Å². The second-order valence-electron chi connectivity index (χ2n) is 6.95. The van der Waals surface area contributed by atoms with Gasteiger partial charge in [-0.25, -0.2) is 0 Å². The highest BCUT2D eigenvalue weighted by Crippen LogP contribution is 2.25. The maximum Gasteiger partial charge on any atom is 0.0551 e. The lowest BCUT2D eigenvalue weighted by molar-refractivity contribution is 0.118. The van der Waals surface area contributed by atoms with E-state index >= 15 is 0 Å². The monoisotopic (exact) mass is 261 g/mol. The molecule has 0 bridgehead atoms. The van der Waals surface area contributed by atoms with Gasteiger partial charge in [0.15, 0.2) is 0 Å². The Morgan fingerprint density at radius 1 is 1.26 bits per heavy atom. The quantitative estimate of drug-likeness (QED) is 0.906. The zero-order valence-electron chi connectivity index (χ0n) is 12.6. The Balaban J connectivity index is 1.96. The number of hydrogen-bond acceptors (Lipinski definition) is 2. The normalized spacial score (nSPS) is 25.5. The third-order valence-electron chi connectivity index (χ3n) is 4.13. The minimum absolute atomic E-state index is 0.213. The summed E-state index contributed by atoms with van der Waals surface area (Å²) in [5, 5.41) is 0. The SMILES string of the molecule is CC1CC(C(N)Cc2ccc(C(C)(C)C)cc2)CO1. The zero-order chi connectivity index (χ0) is 14.0. The van der Waals surface area contributed by atoms with E-state index in [1.165, 1.54) is 11.1 Å². The van der Waals surface area contributed by atoms with E-state index < -0.39 is 0 Å². The van der Waals surface area contributed by atoms with E-state index in [0.29, 0.717) is 12.0 Å². The molecule has 0 amide bonds. The van der Waals surface area contributed by atoms with E-state index in [1.54, 1.807) is 0 Å². The Labute approximate surface area is 117 Å². The van der Waals surface area contributed by atoms with Crippen molar-refractivity contribution in [2.45, 2.75) is 58.1 Å². The number of benzene rings is 1. The Kier molecular flexibility index (Phi) is 4.32. The number of hydrogen-bond donors (Lipinski definition) is 1. The molecule has 0 saturated carbocycles. The lowest BCUT2D eigenvalue weighted by atomic mass is 9.85. The standard InChI is InChI=1S/C17H27NO/c1-12-9-14(11-19-12)16(18)10-13-5-7-15(8-6-13)17(2,3)4/h5-8,12,14,16H,9-11,18H2,1-4H3. The van der Waals surface area contributed by atoms with E-state index in [1.807, 2.05) is 0 Å². The van der Waals surface area contributed by atoms with E-state index in [0.717, 1.165) is 19.4 Å². The van der Waals surface area contributed by atoms with Crippen LogP contribution in [0.25, 0.3) is 0 Å². The molecule has 1 aliphatic heterocycles. The van der Waals surface area contributed by atoms with Crippen molar-refractivity contribution in [2.75, 3.05) is 6.61 Å². The third kappa shape index (κ3) is 3.80. The van der Waals surface area contributed by atoms with Crippen LogP contribution in [0.5, 0.6) is 0 Å². The molecule has 1 aromatic rings. The maximum absolute atomic E-state index is 6.32. The first kappa shape index (κ1) is 14.5. The summed E-state index contributed by atoms with van der Waals surface area (Å²) in [6.07, 6.45) is 2.42. The predicted octanol–water partition coefficient (Wildman–Crippen LogP) is 3.28. The maximum atomic E-state index is 6.32. The average molecular weight is 261 g/mol. The van der Waals surface area contributed by atoms with Crippen LogP contribution in [0.3, 0.4) is 0 Å². The first-order chi connectivity index (χ1) is 8.86. The molecule has 1 heterocycles. The average Bonchev–Trinajstić information content (AvgIpc) is 2.75. The molecule has 1 aliphatic rings. The number of rotatable bonds is 3. The molecule has 1 aromatic carbocycles. The predicted molar refractivity (Wildman–Crippen MR) is 80.3 cm³/mol. The fourth-order valence-electron chi connectivity index (χ4n) is 2.73. The summed E-state index contributed by atoms with van der Waals surface area (Å²) in [7, 11) is 0. The highest BCUT2D eigenvalue weighted by atomic mass is 16.5. The van der Waals surface area contributed by atoms with E-state index in [4.69, 9.17) is 10.5 Å². The molecule has 0 aromatic heterocycles. The van der Waals surface area contributed by atoms with Crippen LogP contribution >= 0.6 is 0 Å². The van der Waals surface area contributed by atoms with Crippen molar-refractivity contribution in [1.82, 2.24) is 0 Å². The molecular weight excluding hydrogens is 234 g/mol. The van der Waals surface area contributed by atoms with Gasteiger partial charge in [0.1, 0.15) is 0 Å². The van der Waals surface area contributed by atoms with Gasteiger partial charge in [0.2, 0.25) is 0 Å². The van der Waals surface area contributed by atoms with Crippen LogP contribution < -0.4 is 5.73 Å². The fraction of sp³-hybridized carbons (Fsp3) is 0.647. The van der Waals surface area contributed by atoms with Crippen LogP contribution in [-0.4, -0.2) is 18.8 Å². The molecular formula is C17H27NO. The Hall–Kier alpha value is -0.860. The number of nitrogens with two attached hydrogens (primary N) is 1. The minimum atomic E-state index is 0.213. The lowest BCUT2D eigenvalue weighted by Crippen LogP contribution is -2.32. The van der Waals surface area contributed by atoms with Gasteiger partial charge in [-0.15, -0.1) is 0 Å². The van der Waals surface area contributed by atoms with Crippen LogP contribution in [0.1, 0.15) is 45.2 Å². The number of ether oxygens (including phenoxy) is 1. The van der Waals surface area contributed by atoms with Gasteiger partial charge < -0.3 is 10.5 Å². The zero-order valence-corrected chi connectivity index (χ0v) is 12.6. The van der Waals surface area contributed by atoms with E-state index in [-0.39, 0.29) is 11.5 Å². The smallest absolute Gasteiger partial charge is 0.0551 e. The first-order valence-electron chi connectivity index (χ1n) is 7.33. The Morgan fingerprint density at radius 3 is 2.37 bits per heavy atom. The molecule has 2 N–H and O–H groups in total. The van der Waals surface area contributed by atoms with Crippen LogP contribution in [0.2, 0.25) is 0 Å². The van der Waals surface area contributed by atoms with Gasteiger partial charge in [0.05, 0.1) is 12.7 Å². The molecule has 2 rings (SSSR count). The van der Waals surface area contributed by atoms with Crippen LogP contribution in [-0.2, 0) is 16.6 Å². The van der Waals surface area contributed by atoms with Crippen LogP contribution in [0.15, 0.2) is 24.3 Å². The highest BCUT2D eigenvalue weighted by molar-refractivity contribution is 5.28. The summed E-state index contributed by atoms with van der Waals surface area (Å²) in [5.74, 6) is 0.511. The Bertz CT molecular complexity index is 404. The molecule has 3 atom stereocenters. The van der Waals surface area contributed by atoms with Crippen molar-refractivity contribution in [2.24, 2.45) is 11.7 Å². The molecule has 1 fully saturated rings. The van der Waals surface area contributed by atoms with Crippen molar-refractivity contribution >= 4 is 0 Å². The van der Waals surface area contributed by atoms with E-state index in [2.05, 4.69) is 52.0 Å². The second kappa shape index (κ2) is 5.64. The summed E-state index contributed by atoms with van der Waals surface area (Å²) in [5.41, 5.74) is 9.25. The molecule has 2 heteroatoms. The fourth-order valence-corrected chi connectivity index (χ4v) is 2.73. The Morgan fingerprint density at radius 2 is 1.89 bits per heavy atom.